The first-order valence-corrected chi connectivity index (χ1v) is 8.75. The van der Waals surface area contributed by atoms with Crippen LogP contribution in [-0.2, 0) is 4.79 Å². The van der Waals surface area contributed by atoms with Crippen molar-refractivity contribution in [2.75, 3.05) is 23.7 Å². The highest BCUT2D eigenvalue weighted by Crippen LogP contribution is 2.15. The topological polar surface area (TPSA) is 87.5 Å². The normalized spacial score (nSPS) is 10.6. The van der Waals surface area contributed by atoms with E-state index in [1.165, 1.54) is 17.2 Å². The molecular formula is C17H21BrN4O3. The highest BCUT2D eigenvalue weighted by Gasteiger charge is 2.18. The van der Waals surface area contributed by atoms with Gasteiger partial charge in [-0.1, -0.05) is 34.9 Å². The second kappa shape index (κ2) is 9.22. The zero-order chi connectivity index (χ0) is 18.2. The number of anilines is 2. The molecule has 2 rings (SSSR count). The quantitative estimate of drug-likeness (QED) is 0.725. The Morgan fingerprint density at radius 1 is 1.20 bits per heavy atom. The lowest BCUT2D eigenvalue weighted by Gasteiger charge is -2.23. The molecule has 3 amide bonds. The lowest BCUT2D eigenvalue weighted by molar-refractivity contribution is -0.116. The summed E-state index contributed by atoms with van der Waals surface area (Å²) in [6.07, 6.45) is 2.16. The van der Waals surface area contributed by atoms with Gasteiger partial charge in [0, 0.05) is 22.8 Å². The molecular weight excluding hydrogens is 388 g/mol. The van der Waals surface area contributed by atoms with Gasteiger partial charge in [-0.15, -0.1) is 0 Å². The van der Waals surface area contributed by atoms with E-state index in [-0.39, 0.29) is 18.5 Å². The van der Waals surface area contributed by atoms with Gasteiger partial charge >= 0.3 is 6.03 Å². The van der Waals surface area contributed by atoms with Gasteiger partial charge in [0.05, 0.1) is 0 Å². The Labute approximate surface area is 154 Å². The number of aromatic nitrogens is 1. The van der Waals surface area contributed by atoms with Gasteiger partial charge in [-0.05, 0) is 36.6 Å². The summed E-state index contributed by atoms with van der Waals surface area (Å²) >= 11 is 3.35. The summed E-state index contributed by atoms with van der Waals surface area (Å²) < 4.78 is 5.60. The second-order valence-electron chi connectivity index (χ2n) is 5.97. The number of hydrogen-bond donors (Lipinski definition) is 2. The molecule has 0 aliphatic heterocycles. The van der Waals surface area contributed by atoms with Crippen LogP contribution >= 0.6 is 15.9 Å². The Kier molecular flexibility index (Phi) is 7.00. The molecule has 0 saturated heterocycles. The van der Waals surface area contributed by atoms with Gasteiger partial charge in [-0.25, -0.2) is 4.79 Å². The van der Waals surface area contributed by atoms with Crippen molar-refractivity contribution >= 4 is 39.4 Å². The molecule has 0 bridgehead atoms. The summed E-state index contributed by atoms with van der Waals surface area (Å²) in [6, 6.07) is 8.48. The van der Waals surface area contributed by atoms with Gasteiger partial charge < -0.3 is 20.1 Å². The largest absolute Gasteiger partial charge is 0.363 e. The molecule has 1 aromatic heterocycles. The van der Waals surface area contributed by atoms with Gasteiger partial charge in [0.15, 0.2) is 5.82 Å². The molecule has 2 aromatic rings. The summed E-state index contributed by atoms with van der Waals surface area (Å²) in [5, 5.41) is 9.03. The molecule has 0 radical (unpaired) electrons. The van der Waals surface area contributed by atoms with Gasteiger partial charge in [0.25, 0.3) is 0 Å². The predicted octanol–water partition coefficient (Wildman–Crippen LogP) is 3.96. The highest BCUT2D eigenvalue weighted by atomic mass is 79.9. The zero-order valence-corrected chi connectivity index (χ0v) is 15.7. The Hall–Kier alpha value is -2.35. The second-order valence-corrected chi connectivity index (χ2v) is 6.89. The van der Waals surface area contributed by atoms with Crippen molar-refractivity contribution in [2.24, 2.45) is 5.92 Å². The number of hydrogen-bond acceptors (Lipinski definition) is 4. The monoisotopic (exact) mass is 408 g/mol. The molecule has 0 aliphatic carbocycles. The molecule has 0 spiro atoms. The maximum Gasteiger partial charge on any atom is 0.322 e. The van der Waals surface area contributed by atoms with E-state index >= 15 is 0 Å². The van der Waals surface area contributed by atoms with Crippen LogP contribution in [0.2, 0.25) is 0 Å². The Balaban J connectivity index is 1.98. The van der Waals surface area contributed by atoms with Crippen LogP contribution in [0.25, 0.3) is 0 Å². The van der Waals surface area contributed by atoms with E-state index in [9.17, 15) is 9.59 Å². The smallest absolute Gasteiger partial charge is 0.322 e. The average molecular weight is 409 g/mol. The van der Waals surface area contributed by atoms with Gasteiger partial charge in [-0.2, -0.15) is 0 Å². The number of rotatable bonds is 7. The third-order valence-corrected chi connectivity index (χ3v) is 3.93. The Morgan fingerprint density at radius 2 is 1.92 bits per heavy atom. The summed E-state index contributed by atoms with van der Waals surface area (Å²) in [7, 11) is 0. The molecule has 1 aromatic carbocycles. The fourth-order valence-corrected chi connectivity index (χ4v) is 2.30. The van der Waals surface area contributed by atoms with Gasteiger partial charge in [0.1, 0.15) is 12.8 Å². The highest BCUT2D eigenvalue weighted by molar-refractivity contribution is 9.10. The molecule has 7 nitrogen and oxygen atoms in total. The molecule has 0 aliphatic rings. The molecule has 8 heteroatoms. The predicted molar refractivity (Wildman–Crippen MR) is 99.3 cm³/mol. The molecule has 0 fully saturated rings. The molecule has 1 heterocycles. The van der Waals surface area contributed by atoms with Crippen LogP contribution in [0.15, 0.2) is 45.6 Å². The SMILES string of the molecule is CC(C)CCN(CC(=O)Nc1ccon1)C(=O)Nc1ccc(Br)cc1. The Morgan fingerprint density at radius 3 is 2.52 bits per heavy atom. The lowest BCUT2D eigenvalue weighted by atomic mass is 10.1. The minimum absolute atomic E-state index is 0.0675. The van der Waals surface area contributed by atoms with E-state index in [1.807, 2.05) is 12.1 Å². The van der Waals surface area contributed by atoms with Crippen LogP contribution in [-0.4, -0.2) is 35.1 Å². The van der Waals surface area contributed by atoms with Crippen molar-refractivity contribution in [1.82, 2.24) is 10.1 Å². The number of carbonyl (C=O) groups excluding carboxylic acids is 2. The number of urea groups is 1. The number of nitrogens with zero attached hydrogens (tertiary/aromatic N) is 2. The molecule has 0 unspecified atom stereocenters. The maximum atomic E-state index is 12.5. The lowest BCUT2D eigenvalue weighted by Crippen LogP contribution is -2.41. The van der Waals surface area contributed by atoms with E-state index in [1.54, 1.807) is 12.1 Å². The molecule has 0 atom stereocenters. The number of halogens is 1. The first kappa shape index (κ1) is 19.0. The van der Waals surface area contributed by atoms with E-state index < -0.39 is 0 Å². The molecule has 25 heavy (non-hydrogen) atoms. The number of nitrogens with one attached hydrogen (secondary N) is 2. The van der Waals surface area contributed by atoms with Crippen molar-refractivity contribution in [3.8, 4) is 0 Å². The standard InChI is InChI=1S/C17H21BrN4O3/c1-12(2)7-9-22(11-16(23)20-15-8-10-25-21-15)17(24)19-14-5-3-13(18)4-6-14/h3-6,8,10,12H,7,9,11H2,1-2H3,(H,19,24)(H,20,21,23). The first-order valence-electron chi connectivity index (χ1n) is 7.96. The minimum atomic E-state index is -0.330. The summed E-state index contributed by atoms with van der Waals surface area (Å²) in [6.45, 7) is 4.55. The van der Waals surface area contributed by atoms with Crippen molar-refractivity contribution in [2.45, 2.75) is 20.3 Å². The summed E-state index contributed by atoms with van der Waals surface area (Å²) in [5.74, 6) is 0.410. The molecule has 2 N–H and O–H groups in total. The van der Waals surface area contributed by atoms with Crippen LogP contribution in [0.4, 0.5) is 16.3 Å². The maximum absolute atomic E-state index is 12.5. The van der Waals surface area contributed by atoms with E-state index in [0.29, 0.717) is 24.0 Å². The van der Waals surface area contributed by atoms with Crippen LogP contribution in [0.5, 0.6) is 0 Å². The van der Waals surface area contributed by atoms with E-state index in [0.717, 1.165) is 10.9 Å². The van der Waals surface area contributed by atoms with Crippen molar-refractivity contribution in [3.05, 3.63) is 41.1 Å². The molecule has 134 valence electrons. The summed E-state index contributed by atoms with van der Waals surface area (Å²) in [5.41, 5.74) is 0.666. The fraction of sp³-hybridized carbons (Fsp3) is 0.353. The van der Waals surface area contributed by atoms with E-state index in [2.05, 4.69) is 50.1 Å². The van der Waals surface area contributed by atoms with Crippen molar-refractivity contribution in [3.63, 3.8) is 0 Å². The average Bonchev–Trinajstić information content (AvgIpc) is 3.06. The number of benzene rings is 1. The third-order valence-electron chi connectivity index (χ3n) is 3.40. The van der Waals surface area contributed by atoms with Crippen LogP contribution in [0, 0.1) is 5.92 Å². The third kappa shape index (κ3) is 6.58. The fourth-order valence-electron chi connectivity index (χ4n) is 2.03. The van der Waals surface area contributed by atoms with Crippen LogP contribution in [0.1, 0.15) is 20.3 Å². The Bertz CT molecular complexity index is 686. The van der Waals surface area contributed by atoms with E-state index in [4.69, 9.17) is 0 Å². The number of amides is 3. The van der Waals surface area contributed by atoms with Gasteiger partial charge in [0.2, 0.25) is 5.91 Å². The first-order chi connectivity index (χ1) is 11.9. The van der Waals surface area contributed by atoms with Crippen LogP contribution in [0.3, 0.4) is 0 Å². The summed E-state index contributed by atoms with van der Waals surface area (Å²) in [4.78, 5) is 26.2. The van der Waals surface area contributed by atoms with Crippen molar-refractivity contribution in [1.29, 1.82) is 0 Å². The zero-order valence-electron chi connectivity index (χ0n) is 14.2. The van der Waals surface area contributed by atoms with Crippen molar-refractivity contribution < 1.29 is 14.1 Å². The van der Waals surface area contributed by atoms with Gasteiger partial charge in [-0.3, -0.25) is 4.79 Å². The number of carbonyl (C=O) groups is 2. The molecule has 0 saturated carbocycles. The minimum Gasteiger partial charge on any atom is -0.363 e. The van der Waals surface area contributed by atoms with Crippen LogP contribution < -0.4 is 10.6 Å².